The lowest BCUT2D eigenvalue weighted by atomic mass is 9.72. The van der Waals surface area contributed by atoms with Crippen LogP contribution in [-0.4, -0.2) is 47.3 Å². The molecule has 0 bridgehead atoms. The molecule has 1 amide bonds. The average Bonchev–Trinajstić information content (AvgIpc) is 3.46. The molecule has 4 rings (SSSR count). The van der Waals surface area contributed by atoms with Gasteiger partial charge < -0.3 is 14.7 Å². The predicted octanol–water partition coefficient (Wildman–Crippen LogP) is 5.53. The van der Waals surface area contributed by atoms with Crippen LogP contribution in [0.15, 0.2) is 12.1 Å². The molecule has 1 heterocycles. The van der Waals surface area contributed by atoms with Crippen molar-refractivity contribution in [3.63, 3.8) is 0 Å². The molecule has 0 spiro atoms. The maximum absolute atomic E-state index is 15.0. The van der Waals surface area contributed by atoms with E-state index in [1.807, 2.05) is 6.92 Å². The molecular weight excluding hydrogens is 442 g/mol. The average molecular weight is 471 g/mol. The van der Waals surface area contributed by atoms with Crippen LogP contribution in [0.5, 0.6) is 5.75 Å². The van der Waals surface area contributed by atoms with Crippen LogP contribution in [0.25, 0.3) is 0 Å². The molecule has 1 aromatic carbocycles. The minimum Gasteiger partial charge on any atom is -0.493 e. The van der Waals surface area contributed by atoms with E-state index in [1.165, 1.54) is 17.0 Å². The summed E-state index contributed by atoms with van der Waals surface area (Å²) in [6, 6.07) is 1.70. The zero-order chi connectivity index (χ0) is 24.0. The summed E-state index contributed by atoms with van der Waals surface area (Å²) in [6.07, 6.45) is -0.670. The maximum atomic E-state index is 15.0. The van der Waals surface area contributed by atoms with E-state index in [1.54, 1.807) is 0 Å². The van der Waals surface area contributed by atoms with Crippen LogP contribution < -0.4 is 4.74 Å². The number of hydrogen-bond acceptors (Lipinski definition) is 3. The fourth-order valence-corrected chi connectivity index (χ4v) is 5.03. The number of halogens is 4. The van der Waals surface area contributed by atoms with Gasteiger partial charge in [0.15, 0.2) is 0 Å². The molecule has 182 valence electrons. The van der Waals surface area contributed by atoms with Crippen LogP contribution in [-0.2, 0) is 4.79 Å². The summed E-state index contributed by atoms with van der Waals surface area (Å²) in [5.74, 6) is -3.34. The Morgan fingerprint density at radius 1 is 1.15 bits per heavy atom. The number of aliphatic carboxylic acids is 1. The number of carboxylic acids is 1. The molecule has 0 radical (unpaired) electrons. The highest BCUT2D eigenvalue weighted by Crippen LogP contribution is 2.48. The summed E-state index contributed by atoms with van der Waals surface area (Å²) in [4.78, 5) is 25.6. The number of alkyl halides is 3. The Balaban J connectivity index is 1.49. The minimum absolute atomic E-state index is 0.0568. The second kappa shape index (κ2) is 8.80. The van der Waals surface area contributed by atoms with Gasteiger partial charge in [0.25, 0.3) is 5.91 Å². The first-order valence-electron chi connectivity index (χ1n) is 11.6. The van der Waals surface area contributed by atoms with Crippen LogP contribution in [0.1, 0.15) is 80.1 Å². The summed E-state index contributed by atoms with van der Waals surface area (Å²) in [5.41, 5.74) is 0.116. The normalized spacial score (nSPS) is 28.1. The number of nitrogens with zero attached hydrogens (tertiary/aromatic N) is 1. The first-order chi connectivity index (χ1) is 15.5. The third kappa shape index (κ3) is 5.11. The van der Waals surface area contributed by atoms with Gasteiger partial charge in [0.05, 0.1) is 18.1 Å². The molecule has 3 aliphatic rings. The van der Waals surface area contributed by atoms with Crippen LogP contribution in [0.4, 0.5) is 17.6 Å². The fourth-order valence-electron chi connectivity index (χ4n) is 5.03. The first-order valence-corrected chi connectivity index (χ1v) is 11.6. The predicted molar refractivity (Wildman–Crippen MR) is 112 cm³/mol. The molecule has 2 saturated carbocycles. The van der Waals surface area contributed by atoms with Crippen molar-refractivity contribution in [2.45, 2.75) is 76.4 Å². The molecule has 3 fully saturated rings. The monoisotopic (exact) mass is 471 g/mol. The van der Waals surface area contributed by atoms with Crippen LogP contribution in [0, 0.1) is 17.2 Å². The van der Waals surface area contributed by atoms with E-state index in [4.69, 9.17) is 4.74 Å². The van der Waals surface area contributed by atoms with Crippen LogP contribution >= 0.6 is 0 Å². The molecular formula is C24H29F4NO4. The van der Waals surface area contributed by atoms with E-state index in [0.29, 0.717) is 37.0 Å². The first kappa shape index (κ1) is 23.8. The van der Waals surface area contributed by atoms with Crippen molar-refractivity contribution in [1.82, 2.24) is 4.90 Å². The number of rotatable bonds is 6. The molecule has 2 aliphatic carbocycles. The number of amides is 1. The highest BCUT2D eigenvalue weighted by atomic mass is 19.4. The Morgan fingerprint density at radius 2 is 1.82 bits per heavy atom. The van der Waals surface area contributed by atoms with E-state index in [2.05, 4.69) is 0 Å². The molecule has 1 aliphatic heterocycles. The third-order valence-electron chi connectivity index (χ3n) is 7.38. The van der Waals surface area contributed by atoms with Crippen molar-refractivity contribution in [2.24, 2.45) is 11.3 Å². The van der Waals surface area contributed by atoms with Gasteiger partial charge in [-0.05, 0) is 68.9 Å². The van der Waals surface area contributed by atoms with Gasteiger partial charge in [-0.25, -0.2) is 9.18 Å². The van der Waals surface area contributed by atoms with E-state index in [-0.39, 0.29) is 37.5 Å². The highest BCUT2D eigenvalue weighted by molar-refractivity contribution is 5.97. The van der Waals surface area contributed by atoms with Gasteiger partial charge in [0.2, 0.25) is 0 Å². The van der Waals surface area contributed by atoms with Crippen molar-refractivity contribution >= 4 is 11.9 Å². The second-order valence-corrected chi connectivity index (χ2v) is 10.1. The SMILES string of the molecule is CC1(COc2cc(F)c(C(=O)N3CCCC3C(=O)O)cc2C2CC2)CCC(C(F)(F)F)CC1. The maximum Gasteiger partial charge on any atom is 0.391 e. The Labute approximate surface area is 190 Å². The number of hydrogen-bond donors (Lipinski definition) is 1. The second-order valence-electron chi connectivity index (χ2n) is 10.1. The van der Waals surface area contributed by atoms with Gasteiger partial charge in [-0.3, -0.25) is 4.79 Å². The van der Waals surface area contributed by atoms with Crippen molar-refractivity contribution in [3.05, 3.63) is 29.1 Å². The summed E-state index contributed by atoms with van der Waals surface area (Å²) in [6.45, 7) is 2.34. The van der Waals surface area contributed by atoms with Gasteiger partial charge in [-0.2, -0.15) is 13.2 Å². The Kier molecular flexibility index (Phi) is 6.35. The molecule has 5 nitrogen and oxygen atoms in total. The van der Waals surface area contributed by atoms with Gasteiger partial charge in [-0.15, -0.1) is 0 Å². The summed E-state index contributed by atoms with van der Waals surface area (Å²) >= 11 is 0. The number of carboxylic acid groups (broad SMARTS) is 1. The number of ether oxygens (including phenoxy) is 1. The minimum atomic E-state index is -4.18. The lowest BCUT2D eigenvalue weighted by Crippen LogP contribution is -2.40. The van der Waals surface area contributed by atoms with Crippen molar-refractivity contribution in [2.75, 3.05) is 13.2 Å². The lowest BCUT2D eigenvalue weighted by molar-refractivity contribution is -0.187. The molecule has 1 unspecified atom stereocenters. The quantitative estimate of drug-likeness (QED) is 0.554. The van der Waals surface area contributed by atoms with Crippen molar-refractivity contribution in [1.29, 1.82) is 0 Å². The summed E-state index contributed by atoms with van der Waals surface area (Å²) in [7, 11) is 0. The Hall–Kier alpha value is -2.32. The molecule has 0 aromatic heterocycles. The third-order valence-corrected chi connectivity index (χ3v) is 7.38. The summed E-state index contributed by atoms with van der Waals surface area (Å²) < 4.78 is 59.9. The lowest BCUT2D eigenvalue weighted by Gasteiger charge is -2.37. The standard InChI is InChI=1S/C24H29F4NO4/c1-23(8-6-15(7-9-23)24(26,27)28)13-33-20-12-18(25)17(11-16(20)14-4-5-14)21(30)29-10-2-3-19(29)22(31)32/h11-12,14-15,19H,2-10,13H2,1H3,(H,31,32). The van der Waals surface area contributed by atoms with E-state index in [9.17, 15) is 32.3 Å². The molecule has 1 N–H and O–H groups in total. The molecule has 1 atom stereocenters. The fraction of sp³-hybridized carbons (Fsp3) is 0.667. The van der Waals surface area contributed by atoms with Gasteiger partial charge in [-0.1, -0.05) is 6.92 Å². The van der Waals surface area contributed by atoms with Crippen LogP contribution in [0.3, 0.4) is 0 Å². The van der Waals surface area contributed by atoms with E-state index >= 15 is 0 Å². The zero-order valence-electron chi connectivity index (χ0n) is 18.6. The topological polar surface area (TPSA) is 66.8 Å². The van der Waals surface area contributed by atoms with Gasteiger partial charge in [0, 0.05) is 18.0 Å². The molecule has 1 saturated heterocycles. The number of carbonyl (C=O) groups is 2. The van der Waals surface area contributed by atoms with E-state index in [0.717, 1.165) is 12.8 Å². The Bertz CT molecular complexity index is 920. The van der Waals surface area contributed by atoms with Crippen molar-refractivity contribution in [3.8, 4) is 5.75 Å². The van der Waals surface area contributed by atoms with Crippen LogP contribution in [0.2, 0.25) is 0 Å². The number of carbonyl (C=O) groups excluding carboxylic acids is 1. The smallest absolute Gasteiger partial charge is 0.391 e. The highest BCUT2D eigenvalue weighted by Gasteiger charge is 2.45. The van der Waals surface area contributed by atoms with Gasteiger partial charge >= 0.3 is 12.1 Å². The zero-order valence-corrected chi connectivity index (χ0v) is 18.6. The Morgan fingerprint density at radius 3 is 2.39 bits per heavy atom. The molecule has 9 heteroatoms. The largest absolute Gasteiger partial charge is 0.493 e. The van der Waals surface area contributed by atoms with E-state index < -0.39 is 41.2 Å². The number of benzene rings is 1. The molecule has 33 heavy (non-hydrogen) atoms. The molecule has 1 aromatic rings. The van der Waals surface area contributed by atoms with Crippen molar-refractivity contribution < 1.29 is 37.0 Å². The summed E-state index contributed by atoms with van der Waals surface area (Å²) in [5, 5.41) is 9.35. The number of likely N-dealkylation sites (tertiary alicyclic amines) is 1. The van der Waals surface area contributed by atoms with Gasteiger partial charge in [0.1, 0.15) is 17.6 Å².